The molecule has 1 aromatic carbocycles. The highest BCUT2D eigenvalue weighted by atomic mass is 35.5. The summed E-state index contributed by atoms with van der Waals surface area (Å²) in [6.45, 7) is 1.45. The predicted octanol–water partition coefficient (Wildman–Crippen LogP) is 2.28. The summed E-state index contributed by atoms with van der Waals surface area (Å²) >= 11 is 5.78. The maximum absolute atomic E-state index is 12.0. The van der Waals surface area contributed by atoms with Crippen molar-refractivity contribution in [3.63, 3.8) is 0 Å². The van der Waals surface area contributed by atoms with Gasteiger partial charge in [-0.15, -0.1) is 0 Å². The number of hydrogen-bond donors (Lipinski definition) is 3. The van der Waals surface area contributed by atoms with Crippen LogP contribution in [0.25, 0.3) is 0 Å². The van der Waals surface area contributed by atoms with Gasteiger partial charge in [-0.2, -0.15) is 0 Å². The topological polar surface area (TPSA) is 82.7 Å². The third kappa shape index (κ3) is 3.12. The zero-order valence-corrected chi connectivity index (χ0v) is 11.5. The van der Waals surface area contributed by atoms with Gasteiger partial charge in [0.15, 0.2) is 0 Å². The van der Waals surface area contributed by atoms with Gasteiger partial charge in [0.25, 0.3) is 5.91 Å². The highest BCUT2D eigenvalue weighted by molar-refractivity contribution is 6.31. The summed E-state index contributed by atoms with van der Waals surface area (Å²) in [5.74, 6) is -0.366. The molecule has 1 heterocycles. The lowest BCUT2D eigenvalue weighted by Crippen LogP contribution is -2.38. The smallest absolute Gasteiger partial charge is 0.255 e. The molecule has 106 valence electrons. The van der Waals surface area contributed by atoms with Crippen LogP contribution in [0.3, 0.4) is 0 Å². The van der Waals surface area contributed by atoms with Crippen molar-refractivity contribution in [3.8, 4) is 5.75 Å². The van der Waals surface area contributed by atoms with Crippen molar-refractivity contribution in [2.75, 3.05) is 6.54 Å². The van der Waals surface area contributed by atoms with Crippen LogP contribution in [0, 0.1) is 0 Å². The normalized spacial score (nSPS) is 13.8. The second-order valence-electron chi connectivity index (χ2n) is 4.60. The van der Waals surface area contributed by atoms with Gasteiger partial charge in [-0.3, -0.25) is 4.79 Å². The first kappa shape index (κ1) is 14.4. The Labute approximate surface area is 120 Å². The van der Waals surface area contributed by atoms with Crippen molar-refractivity contribution >= 4 is 17.5 Å². The molecule has 2 aromatic rings. The average molecular weight is 296 g/mol. The minimum atomic E-state index is -1.34. The second-order valence-corrected chi connectivity index (χ2v) is 5.03. The van der Waals surface area contributed by atoms with E-state index in [1.807, 2.05) is 0 Å². The van der Waals surface area contributed by atoms with Crippen molar-refractivity contribution in [1.82, 2.24) is 5.32 Å². The number of carbonyl (C=O) groups is 1. The van der Waals surface area contributed by atoms with Gasteiger partial charge in [0.05, 0.1) is 18.4 Å². The summed E-state index contributed by atoms with van der Waals surface area (Å²) in [4.78, 5) is 12.0. The number of amides is 1. The van der Waals surface area contributed by atoms with Gasteiger partial charge in [-0.25, -0.2) is 0 Å². The molecule has 0 aliphatic heterocycles. The third-order valence-corrected chi connectivity index (χ3v) is 3.08. The lowest BCUT2D eigenvalue weighted by molar-refractivity contribution is 0.0330. The number of benzene rings is 1. The fourth-order valence-corrected chi connectivity index (χ4v) is 1.88. The third-order valence-electron chi connectivity index (χ3n) is 2.85. The summed E-state index contributed by atoms with van der Waals surface area (Å²) in [6.07, 6.45) is 1.44. The minimum absolute atomic E-state index is 0.0488. The summed E-state index contributed by atoms with van der Waals surface area (Å²) < 4.78 is 5.11. The molecule has 0 saturated carbocycles. The first-order chi connectivity index (χ1) is 9.40. The summed E-state index contributed by atoms with van der Waals surface area (Å²) in [5.41, 5.74) is -1.29. The largest absolute Gasteiger partial charge is 0.507 e. The Morgan fingerprint density at radius 2 is 2.20 bits per heavy atom. The Morgan fingerprint density at radius 3 is 2.85 bits per heavy atom. The van der Waals surface area contributed by atoms with Crippen LogP contribution in [0.2, 0.25) is 5.02 Å². The number of hydrogen-bond acceptors (Lipinski definition) is 4. The van der Waals surface area contributed by atoms with E-state index in [2.05, 4.69) is 5.32 Å². The van der Waals surface area contributed by atoms with Crippen molar-refractivity contribution in [2.45, 2.75) is 12.5 Å². The van der Waals surface area contributed by atoms with E-state index in [4.69, 9.17) is 16.0 Å². The number of nitrogens with one attached hydrogen (secondary N) is 1. The van der Waals surface area contributed by atoms with Crippen molar-refractivity contribution in [2.24, 2.45) is 0 Å². The number of rotatable bonds is 4. The van der Waals surface area contributed by atoms with Crippen molar-refractivity contribution < 1.29 is 19.4 Å². The molecule has 0 radical (unpaired) electrons. The molecule has 2 rings (SSSR count). The molecule has 0 spiro atoms. The molecule has 1 amide bonds. The molecule has 6 heteroatoms. The molecule has 0 aliphatic carbocycles. The Kier molecular flexibility index (Phi) is 4.01. The van der Waals surface area contributed by atoms with E-state index in [1.54, 1.807) is 12.1 Å². The summed E-state index contributed by atoms with van der Waals surface area (Å²) in [6, 6.07) is 7.43. The van der Waals surface area contributed by atoms with E-state index >= 15 is 0 Å². The van der Waals surface area contributed by atoms with Gasteiger partial charge in [-0.05, 0) is 37.3 Å². The van der Waals surface area contributed by atoms with Crippen LogP contribution < -0.4 is 5.32 Å². The molecule has 1 aromatic heterocycles. The quantitative estimate of drug-likeness (QED) is 0.808. The summed E-state index contributed by atoms with van der Waals surface area (Å²) in [7, 11) is 0. The Balaban J connectivity index is 2.07. The van der Waals surface area contributed by atoms with Crippen LogP contribution in [0.15, 0.2) is 41.0 Å². The van der Waals surface area contributed by atoms with Crippen LogP contribution >= 0.6 is 11.6 Å². The Morgan fingerprint density at radius 1 is 1.45 bits per heavy atom. The minimum Gasteiger partial charge on any atom is -0.507 e. The predicted molar refractivity (Wildman–Crippen MR) is 73.7 cm³/mol. The SMILES string of the molecule is CC(O)(CNC(=O)c1cc(Cl)ccc1O)c1ccco1. The molecule has 3 N–H and O–H groups in total. The molecule has 0 fully saturated rings. The van der Waals surface area contributed by atoms with E-state index in [0.29, 0.717) is 10.8 Å². The van der Waals surface area contributed by atoms with Crippen LogP contribution in [0.1, 0.15) is 23.0 Å². The molecule has 0 aliphatic rings. The average Bonchev–Trinajstić information content (AvgIpc) is 2.93. The monoisotopic (exact) mass is 295 g/mol. The Bertz CT molecular complexity index is 608. The van der Waals surface area contributed by atoms with Gasteiger partial charge in [0.1, 0.15) is 17.1 Å². The molecule has 1 unspecified atom stereocenters. The number of phenolic OH excluding ortho intramolecular Hbond substituents is 1. The van der Waals surface area contributed by atoms with E-state index in [9.17, 15) is 15.0 Å². The molecular formula is C14H14ClNO4. The molecular weight excluding hydrogens is 282 g/mol. The van der Waals surface area contributed by atoms with E-state index in [0.717, 1.165) is 0 Å². The molecule has 5 nitrogen and oxygen atoms in total. The zero-order chi connectivity index (χ0) is 14.8. The van der Waals surface area contributed by atoms with E-state index < -0.39 is 11.5 Å². The number of furan rings is 1. The van der Waals surface area contributed by atoms with Crippen LogP contribution in [0.5, 0.6) is 5.75 Å². The van der Waals surface area contributed by atoms with Crippen LogP contribution in [-0.4, -0.2) is 22.7 Å². The maximum atomic E-state index is 12.0. The lowest BCUT2D eigenvalue weighted by Gasteiger charge is -2.21. The fourth-order valence-electron chi connectivity index (χ4n) is 1.71. The number of carbonyl (C=O) groups excluding carboxylic acids is 1. The molecule has 20 heavy (non-hydrogen) atoms. The highest BCUT2D eigenvalue weighted by Gasteiger charge is 2.27. The maximum Gasteiger partial charge on any atom is 0.255 e. The first-order valence-corrected chi connectivity index (χ1v) is 6.31. The van der Waals surface area contributed by atoms with Gasteiger partial charge in [0.2, 0.25) is 0 Å². The van der Waals surface area contributed by atoms with Gasteiger partial charge >= 0.3 is 0 Å². The Hall–Kier alpha value is -1.98. The van der Waals surface area contributed by atoms with Gasteiger partial charge in [0, 0.05) is 5.02 Å². The molecule has 0 bridgehead atoms. The number of phenols is 1. The first-order valence-electron chi connectivity index (χ1n) is 5.93. The van der Waals surface area contributed by atoms with Crippen molar-refractivity contribution in [1.29, 1.82) is 0 Å². The number of aromatic hydroxyl groups is 1. The number of aliphatic hydroxyl groups is 1. The number of halogens is 1. The highest BCUT2D eigenvalue weighted by Crippen LogP contribution is 2.23. The summed E-state index contributed by atoms with van der Waals surface area (Å²) in [5, 5.41) is 22.7. The second kappa shape index (κ2) is 5.56. The molecule has 1 atom stereocenters. The van der Waals surface area contributed by atoms with E-state index in [1.165, 1.54) is 31.4 Å². The van der Waals surface area contributed by atoms with Crippen molar-refractivity contribution in [3.05, 3.63) is 52.9 Å². The standard InChI is InChI=1S/C14H14ClNO4/c1-14(19,12-3-2-6-20-12)8-16-13(18)10-7-9(15)4-5-11(10)17/h2-7,17,19H,8H2,1H3,(H,16,18). The zero-order valence-electron chi connectivity index (χ0n) is 10.8. The van der Waals surface area contributed by atoms with Crippen LogP contribution in [-0.2, 0) is 5.60 Å². The van der Waals surface area contributed by atoms with Gasteiger partial charge in [-0.1, -0.05) is 11.6 Å². The van der Waals surface area contributed by atoms with E-state index in [-0.39, 0.29) is 17.9 Å². The fraction of sp³-hybridized carbons (Fsp3) is 0.214. The molecule has 0 saturated heterocycles. The van der Waals surface area contributed by atoms with Crippen LogP contribution in [0.4, 0.5) is 0 Å². The van der Waals surface area contributed by atoms with Gasteiger partial charge < -0.3 is 19.9 Å². The lowest BCUT2D eigenvalue weighted by atomic mass is 10.0.